The van der Waals surface area contributed by atoms with Crippen molar-refractivity contribution in [2.24, 2.45) is 5.92 Å². The first-order chi connectivity index (χ1) is 10.0. The van der Waals surface area contributed by atoms with E-state index in [2.05, 4.69) is 9.82 Å². The van der Waals surface area contributed by atoms with E-state index in [4.69, 9.17) is 4.42 Å². The van der Waals surface area contributed by atoms with Crippen LogP contribution in [0.2, 0.25) is 0 Å². The summed E-state index contributed by atoms with van der Waals surface area (Å²) < 4.78 is 33.6. The number of nitrogens with one attached hydrogen (secondary N) is 1. The van der Waals surface area contributed by atoms with Gasteiger partial charge in [0.25, 0.3) is 0 Å². The minimum atomic E-state index is -3.55. The highest BCUT2D eigenvalue weighted by molar-refractivity contribution is 7.89. The summed E-state index contributed by atoms with van der Waals surface area (Å²) in [5.74, 6) is 0.718. The quantitative estimate of drug-likeness (QED) is 0.888. The third-order valence-corrected chi connectivity index (χ3v) is 5.48. The molecule has 0 radical (unpaired) electrons. The van der Waals surface area contributed by atoms with Gasteiger partial charge in [-0.3, -0.25) is 4.68 Å². The average Bonchev–Trinajstić information content (AvgIpc) is 3.05. The highest BCUT2D eigenvalue weighted by atomic mass is 32.2. The highest BCUT2D eigenvalue weighted by Gasteiger charge is 2.21. The highest BCUT2D eigenvalue weighted by Crippen LogP contribution is 2.28. The molecule has 0 saturated heterocycles. The molecule has 0 aliphatic heterocycles. The van der Waals surface area contributed by atoms with Crippen LogP contribution in [0.4, 0.5) is 0 Å². The Bertz CT molecular complexity index is 687. The number of aromatic nitrogens is 2. The van der Waals surface area contributed by atoms with E-state index in [0.717, 1.165) is 18.0 Å². The van der Waals surface area contributed by atoms with Gasteiger partial charge < -0.3 is 4.42 Å². The zero-order valence-electron chi connectivity index (χ0n) is 11.9. The summed E-state index contributed by atoms with van der Waals surface area (Å²) in [5, 5.41) is 4.32. The zero-order valence-corrected chi connectivity index (χ0v) is 12.7. The van der Waals surface area contributed by atoms with Crippen LogP contribution < -0.4 is 4.72 Å². The van der Waals surface area contributed by atoms with Gasteiger partial charge in [-0.05, 0) is 31.7 Å². The molecular formula is C14H19N3O3S. The van der Waals surface area contributed by atoms with E-state index in [1.807, 2.05) is 17.8 Å². The Morgan fingerprint density at radius 1 is 1.52 bits per heavy atom. The van der Waals surface area contributed by atoms with Crippen LogP contribution in [0, 0.1) is 5.92 Å². The van der Waals surface area contributed by atoms with Gasteiger partial charge in [0.15, 0.2) is 0 Å². The maximum atomic E-state index is 12.1. The van der Waals surface area contributed by atoms with Crippen molar-refractivity contribution in [3.63, 3.8) is 0 Å². The van der Waals surface area contributed by atoms with E-state index in [0.29, 0.717) is 0 Å². The number of hydrogen-bond acceptors (Lipinski definition) is 4. The van der Waals surface area contributed by atoms with Crippen molar-refractivity contribution in [1.82, 2.24) is 14.5 Å². The molecule has 1 saturated carbocycles. The summed E-state index contributed by atoms with van der Waals surface area (Å²) in [7, 11) is -3.55. The second-order valence-electron chi connectivity index (χ2n) is 5.59. The van der Waals surface area contributed by atoms with Crippen LogP contribution in [0.5, 0.6) is 0 Å². The summed E-state index contributed by atoms with van der Waals surface area (Å²) in [4.78, 5) is 0.135. The van der Waals surface area contributed by atoms with Crippen molar-refractivity contribution < 1.29 is 12.8 Å². The maximum Gasteiger partial charge on any atom is 0.244 e. The fraction of sp³-hybridized carbons (Fsp3) is 0.500. The van der Waals surface area contributed by atoms with Gasteiger partial charge in [-0.25, -0.2) is 13.1 Å². The van der Waals surface area contributed by atoms with Crippen molar-refractivity contribution in [3.8, 4) is 0 Å². The van der Waals surface area contributed by atoms with Gasteiger partial charge in [0, 0.05) is 24.3 Å². The molecule has 114 valence electrons. The molecule has 1 N–H and O–H groups in total. The summed E-state index contributed by atoms with van der Waals surface area (Å²) >= 11 is 0. The van der Waals surface area contributed by atoms with Crippen LogP contribution in [-0.4, -0.2) is 18.2 Å². The van der Waals surface area contributed by atoms with Crippen molar-refractivity contribution in [2.45, 2.75) is 43.7 Å². The number of rotatable bonds is 6. The predicted octanol–water partition coefficient (Wildman–Crippen LogP) is 2.32. The molecular weight excluding hydrogens is 290 g/mol. The Balaban J connectivity index is 1.66. The van der Waals surface area contributed by atoms with E-state index < -0.39 is 10.0 Å². The van der Waals surface area contributed by atoms with E-state index in [1.165, 1.54) is 37.9 Å². The molecule has 7 heteroatoms. The van der Waals surface area contributed by atoms with Gasteiger partial charge in [0.1, 0.15) is 11.2 Å². The summed E-state index contributed by atoms with van der Waals surface area (Å²) in [5.41, 5.74) is 0.862. The van der Waals surface area contributed by atoms with Crippen molar-refractivity contribution in [3.05, 3.63) is 36.5 Å². The van der Waals surface area contributed by atoms with E-state index in [1.54, 1.807) is 6.20 Å². The van der Waals surface area contributed by atoms with Gasteiger partial charge in [-0.2, -0.15) is 5.10 Å². The Kier molecular flexibility index (Phi) is 3.86. The first kappa shape index (κ1) is 14.3. The third kappa shape index (κ3) is 3.19. The normalized spacial score (nSPS) is 17.6. The summed E-state index contributed by atoms with van der Waals surface area (Å²) in [6.45, 7) is 2.73. The molecule has 2 aromatic rings. The molecule has 2 aromatic heterocycles. The molecule has 1 unspecified atom stereocenters. The monoisotopic (exact) mass is 309 g/mol. The van der Waals surface area contributed by atoms with E-state index in [-0.39, 0.29) is 10.9 Å². The Morgan fingerprint density at radius 3 is 2.95 bits per heavy atom. The van der Waals surface area contributed by atoms with Crippen LogP contribution in [0.15, 0.2) is 40.3 Å². The maximum absolute atomic E-state index is 12.1. The molecule has 0 aromatic carbocycles. The van der Waals surface area contributed by atoms with Gasteiger partial charge in [-0.15, -0.1) is 0 Å². The fourth-order valence-corrected chi connectivity index (χ4v) is 3.57. The molecule has 1 aliphatic carbocycles. The minimum absolute atomic E-state index is 0.135. The lowest BCUT2D eigenvalue weighted by atomic mass is 9.85. The molecule has 1 atom stereocenters. The molecule has 21 heavy (non-hydrogen) atoms. The molecule has 2 heterocycles. The number of hydrogen-bond donors (Lipinski definition) is 1. The van der Waals surface area contributed by atoms with Crippen molar-refractivity contribution >= 4 is 10.0 Å². The largest absolute Gasteiger partial charge is 0.471 e. The number of sulfonamides is 1. The van der Waals surface area contributed by atoms with Crippen LogP contribution in [0.1, 0.15) is 37.8 Å². The lowest BCUT2D eigenvalue weighted by molar-refractivity contribution is 0.266. The van der Waals surface area contributed by atoms with E-state index >= 15 is 0 Å². The Morgan fingerprint density at radius 2 is 2.33 bits per heavy atom. The number of furan rings is 1. The van der Waals surface area contributed by atoms with Gasteiger partial charge in [-0.1, -0.05) is 6.42 Å². The van der Waals surface area contributed by atoms with Crippen LogP contribution >= 0.6 is 0 Å². The fourth-order valence-electron chi connectivity index (χ4n) is 2.42. The standard InChI is InChI=1S/C14H19N3O3S/c1-11(16-21(18,19)14-5-6-20-10-14)13-7-15-17(9-13)8-12-3-2-4-12/h5-7,9-12,16H,2-4,8H2,1H3. The van der Waals surface area contributed by atoms with E-state index in [9.17, 15) is 8.42 Å². The smallest absolute Gasteiger partial charge is 0.244 e. The van der Waals surface area contributed by atoms with Crippen LogP contribution in [0.3, 0.4) is 0 Å². The minimum Gasteiger partial charge on any atom is -0.471 e. The lowest BCUT2D eigenvalue weighted by Crippen LogP contribution is -2.26. The second kappa shape index (κ2) is 5.65. The molecule has 0 bridgehead atoms. The SMILES string of the molecule is CC(NS(=O)(=O)c1ccoc1)c1cnn(CC2CCC2)c1. The average molecular weight is 309 g/mol. The molecule has 0 spiro atoms. The first-order valence-electron chi connectivity index (χ1n) is 7.11. The first-order valence-corrected chi connectivity index (χ1v) is 8.60. The van der Waals surface area contributed by atoms with Gasteiger partial charge in [0.2, 0.25) is 10.0 Å². The zero-order chi connectivity index (χ0) is 14.9. The second-order valence-corrected chi connectivity index (χ2v) is 7.31. The molecule has 1 fully saturated rings. The molecule has 3 rings (SSSR count). The Labute approximate surface area is 124 Å². The van der Waals surface area contributed by atoms with Crippen LogP contribution in [-0.2, 0) is 16.6 Å². The van der Waals surface area contributed by atoms with Gasteiger partial charge in [0.05, 0.1) is 12.5 Å². The predicted molar refractivity (Wildman–Crippen MR) is 77.0 cm³/mol. The summed E-state index contributed by atoms with van der Waals surface area (Å²) in [6, 6.07) is 1.09. The van der Waals surface area contributed by atoms with Crippen LogP contribution in [0.25, 0.3) is 0 Å². The van der Waals surface area contributed by atoms with Crippen molar-refractivity contribution in [1.29, 1.82) is 0 Å². The lowest BCUT2D eigenvalue weighted by Gasteiger charge is -2.24. The Hall–Kier alpha value is -1.60. The van der Waals surface area contributed by atoms with Gasteiger partial charge >= 0.3 is 0 Å². The van der Waals surface area contributed by atoms with Crippen molar-refractivity contribution in [2.75, 3.05) is 0 Å². The summed E-state index contributed by atoms with van der Waals surface area (Å²) in [6.07, 6.45) is 10.0. The molecule has 1 aliphatic rings. The number of nitrogens with zero attached hydrogens (tertiary/aromatic N) is 2. The topological polar surface area (TPSA) is 77.1 Å². The third-order valence-electron chi connectivity index (χ3n) is 3.96. The molecule has 0 amide bonds. The molecule has 6 nitrogen and oxygen atoms in total.